The fraction of sp³-hybridized carbons (Fsp3) is 0.467. The first-order valence-corrected chi connectivity index (χ1v) is 7.21. The smallest absolute Gasteiger partial charge is 0.319 e. The molecule has 1 heterocycles. The molecule has 21 heavy (non-hydrogen) atoms. The first kappa shape index (κ1) is 15.3. The molecule has 3 N–H and O–H groups in total. The van der Waals surface area contributed by atoms with E-state index in [9.17, 15) is 9.59 Å². The van der Waals surface area contributed by atoms with Gasteiger partial charge in [-0.3, -0.25) is 4.79 Å². The molecule has 6 heteroatoms. The maximum absolute atomic E-state index is 11.8. The molecule has 2 amide bonds. The van der Waals surface area contributed by atoms with Crippen LogP contribution in [0, 0.1) is 0 Å². The van der Waals surface area contributed by atoms with Gasteiger partial charge in [0.05, 0.1) is 6.42 Å². The van der Waals surface area contributed by atoms with Gasteiger partial charge in [-0.2, -0.15) is 0 Å². The number of amides is 2. The van der Waals surface area contributed by atoms with Crippen LogP contribution in [0.5, 0.6) is 0 Å². The van der Waals surface area contributed by atoms with Crippen molar-refractivity contribution in [3.63, 3.8) is 0 Å². The monoisotopic (exact) mass is 291 g/mol. The summed E-state index contributed by atoms with van der Waals surface area (Å²) in [6.07, 6.45) is 2.43. The highest BCUT2D eigenvalue weighted by Crippen LogP contribution is 2.11. The maximum atomic E-state index is 11.8. The minimum atomic E-state index is -0.887. The van der Waals surface area contributed by atoms with E-state index in [4.69, 9.17) is 5.11 Å². The van der Waals surface area contributed by atoms with Crippen molar-refractivity contribution in [2.24, 2.45) is 0 Å². The molecule has 1 fully saturated rings. The Bertz CT molecular complexity index is 499. The summed E-state index contributed by atoms with van der Waals surface area (Å²) < 4.78 is 0. The van der Waals surface area contributed by atoms with Crippen LogP contribution in [-0.2, 0) is 11.2 Å². The zero-order chi connectivity index (χ0) is 15.1. The summed E-state index contributed by atoms with van der Waals surface area (Å²) in [5.74, 6) is -0.887. The number of hydrogen-bond acceptors (Lipinski definition) is 3. The molecule has 0 radical (unpaired) electrons. The van der Waals surface area contributed by atoms with Gasteiger partial charge in [0.1, 0.15) is 0 Å². The SMILES string of the molecule is O=C(O)Cc1cccc(NC(=O)NCCN2CCCC2)c1. The maximum Gasteiger partial charge on any atom is 0.319 e. The molecular formula is C15H21N3O3. The summed E-state index contributed by atoms with van der Waals surface area (Å²) in [5.41, 5.74) is 1.27. The van der Waals surface area contributed by atoms with E-state index < -0.39 is 5.97 Å². The number of carbonyl (C=O) groups excluding carboxylic acids is 1. The number of urea groups is 1. The number of hydrogen-bond donors (Lipinski definition) is 3. The Morgan fingerprint density at radius 2 is 2.00 bits per heavy atom. The highest BCUT2D eigenvalue weighted by atomic mass is 16.4. The summed E-state index contributed by atoms with van der Waals surface area (Å²) in [4.78, 5) is 24.8. The van der Waals surface area contributed by atoms with Crippen LogP contribution in [0.3, 0.4) is 0 Å². The summed E-state index contributed by atoms with van der Waals surface area (Å²) in [6, 6.07) is 6.61. The summed E-state index contributed by atoms with van der Waals surface area (Å²) >= 11 is 0. The molecule has 6 nitrogen and oxygen atoms in total. The lowest BCUT2D eigenvalue weighted by molar-refractivity contribution is -0.136. The van der Waals surface area contributed by atoms with Crippen molar-refractivity contribution in [2.75, 3.05) is 31.5 Å². The Kier molecular flexibility index (Phi) is 5.57. The number of carboxylic acids is 1. The van der Waals surface area contributed by atoms with Crippen molar-refractivity contribution in [1.29, 1.82) is 0 Å². The number of carboxylic acid groups (broad SMARTS) is 1. The van der Waals surface area contributed by atoms with Gasteiger partial charge in [-0.25, -0.2) is 4.79 Å². The molecule has 0 unspecified atom stereocenters. The van der Waals surface area contributed by atoms with Gasteiger partial charge in [0, 0.05) is 18.8 Å². The number of nitrogens with one attached hydrogen (secondary N) is 2. The van der Waals surface area contributed by atoms with Crippen molar-refractivity contribution in [1.82, 2.24) is 10.2 Å². The van der Waals surface area contributed by atoms with Crippen molar-refractivity contribution in [2.45, 2.75) is 19.3 Å². The van der Waals surface area contributed by atoms with E-state index in [2.05, 4.69) is 15.5 Å². The Morgan fingerprint density at radius 1 is 1.24 bits per heavy atom. The number of carbonyl (C=O) groups is 2. The van der Waals surface area contributed by atoms with E-state index in [1.54, 1.807) is 24.3 Å². The van der Waals surface area contributed by atoms with Gasteiger partial charge in [0.25, 0.3) is 0 Å². The van der Waals surface area contributed by atoms with Crippen LogP contribution < -0.4 is 10.6 Å². The van der Waals surface area contributed by atoms with E-state index in [1.165, 1.54) is 12.8 Å². The van der Waals surface area contributed by atoms with Crippen molar-refractivity contribution < 1.29 is 14.7 Å². The predicted molar refractivity (Wildman–Crippen MR) is 80.5 cm³/mol. The minimum Gasteiger partial charge on any atom is -0.481 e. The lowest BCUT2D eigenvalue weighted by atomic mass is 10.1. The lowest BCUT2D eigenvalue weighted by Crippen LogP contribution is -2.35. The van der Waals surface area contributed by atoms with Gasteiger partial charge in [-0.05, 0) is 43.6 Å². The molecule has 2 rings (SSSR count). The Balaban J connectivity index is 1.75. The highest BCUT2D eigenvalue weighted by molar-refractivity contribution is 5.89. The van der Waals surface area contributed by atoms with Crippen LogP contribution >= 0.6 is 0 Å². The molecule has 1 saturated heterocycles. The van der Waals surface area contributed by atoms with E-state index in [-0.39, 0.29) is 12.5 Å². The first-order valence-electron chi connectivity index (χ1n) is 7.21. The molecule has 1 aliphatic rings. The van der Waals surface area contributed by atoms with Crippen LogP contribution in [0.25, 0.3) is 0 Å². The average molecular weight is 291 g/mol. The van der Waals surface area contributed by atoms with E-state index in [0.717, 1.165) is 19.6 Å². The van der Waals surface area contributed by atoms with Crippen molar-refractivity contribution in [3.8, 4) is 0 Å². The largest absolute Gasteiger partial charge is 0.481 e. The van der Waals surface area contributed by atoms with Gasteiger partial charge in [-0.15, -0.1) is 0 Å². The van der Waals surface area contributed by atoms with Crippen LogP contribution in [-0.4, -0.2) is 48.2 Å². The third kappa shape index (κ3) is 5.43. The number of aliphatic carboxylic acids is 1. The Hall–Kier alpha value is -2.08. The van der Waals surface area contributed by atoms with Crippen molar-refractivity contribution in [3.05, 3.63) is 29.8 Å². The van der Waals surface area contributed by atoms with Gasteiger partial charge < -0.3 is 20.6 Å². The van der Waals surface area contributed by atoms with Gasteiger partial charge in [0.15, 0.2) is 0 Å². The third-order valence-electron chi connectivity index (χ3n) is 3.45. The average Bonchev–Trinajstić information content (AvgIpc) is 2.91. The normalized spacial score (nSPS) is 14.9. The molecule has 0 saturated carbocycles. The third-order valence-corrected chi connectivity index (χ3v) is 3.45. The van der Waals surface area contributed by atoms with Crippen LogP contribution in [0.4, 0.5) is 10.5 Å². The molecule has 0 aliphatic carbocycles. The lowest BCUT2D eigenvalue weighted by Gasteiger charge is -2.15. The second-order valence-corrected chi connectivity index (χ2v) is 5.20. The zero-order valence-corrected chi connectivity index (χ0v) is 12.0. The molecule has 0 spiro atoms. The second-order valence-electron chi connectivity index (χ2n) is 5.20. The summed E-state index contributed by atoms with van der Waals surface area (Å²) in [5, 5.41) is 14.3. The minimum absolute atomic E-state index is 0.0495. The van der Waals surface area contributed by atoms with Crippen LogP contribution in [0.1, 0.15) is 18.4 Å². The van der Waals surface area contributed by atoms with E-state index in [0.29, 0.717) is 17.8 Å². The number of likely N-dealkylation sites (tertiary alicyclic amines) is 1. The topological polar surface area (TPSA) is 81.7 Å². The molecule has 1 aromatic carbocycles. The van der Waals surface area contributed by atoms with Crippen LogP contribution in [0.15, 0.2) is 24.3 Å². The van der Waals surface area contributed by atoms with E-state index in [1.807, 2.05) is 0 Å². The Morgan fingerprint density at radius 3 is 2.71 bits per heavy atom. The number of rotatable bonds is 6. The molecule has 0 atom stereocenters. The van der Waals surface area contributed by atoms with Crippen LogP contribution in [0.2, 0.25) is 0 Å². The molecule has 114 valence electrons. The Labute approximate surface area is 124 Å². The van der Waals surface area contributed by atoms with Gasteiger partial charge in [-0.1, -0.05) is 12.1 Å². The predicted octanol–water partition coefficient (Wildman–Crippen LogP) is 1.53. The summed E-state index contributed by atoms with van der Waals surface area (Å²) in [6.45, 7) is 3.70. The van der Waals surface area contributed by atoms with E-state index >= 15 is 0 Å². The van der Waals surface area contributed by atoms with Gasteiger partial charge >= 0.3 is 12.0 Å². The second kappa shape index (κ2) is 7.64. The molecule has 0 aromatic heterocycles. The fourth-order valence-electron chi connectivity index (χ4n) is 2.44. The van der Waals surface area contributed by atoms with Crippen molar-refractivity contribution >= 4 is 17.7 Å². The summed E-state index contributed by atoms with van der Waals surface area (Å²) in [7, 11) is 0. The number of anilines is 1. The molecule has 1 aromatic rings. The molecule has 0 bridgehead atoms. The first-order chi connectivity index (χ1) is 10.1. The number of benzene rings is 1. The fourth-order valence-corrected chi connectivity index (χ4v) is 2.44. The highest BCUT2D eigenvalue weighted by Gasteiger charge is 2.11. The van der Waals surface area contributed by atoms with Gasteiger partial charge in [0.2, 0.25) is 0 Å². The molecular weight excluding hydrogens is 270 g/mol. The zero-order valence-electron chi connectivity index (χ0n) is 12.0. The number of nitrogens with zero attached hydrogens (tertiary/aromatic N) is 1. The quantitative estimate of drug-likeness (QED) is 0.742. The molecule has 1 aliphatic heterocycles. The standard InChI is InChI=1S/C15H21N3O3/c19-14(20)11-12-4-3-5-13(10-12)17-15(21)16-6-9-18-7-1-2-8-18/h3-5,10H,1-2,6-9,11H2,(H,19,20)(H2,16,17,21).